The van der Waals surface area contributed by atoms with E-state index in [0.717, 1.165) is 6.42 Å². The van der Waals surface area contributed by atoms with Crippen molar-refractivity contribution >= 4 is 11.9 Å². The molecule has 0 aromatic heterocycles. The number of aliphatic hydroxyl groups excluding tert-OH is 1. The van der Waals surface area contributed by atoms with Crippen molar-refractivity contribution in [2.24, 2.45) is 5.92 Å². The monoisotopic (exact) mass is 296 g/mol. The Morgan fingerprint density at radius 3 is 1.81 bits per heavy atom. The molecule has 1 aromatic rings. The maximum Gasteiger partial charge on any atom is 0.336 e. The van der Waals surface area contributed by atoms with E-state index in [1.54, 1.807) is 0 Å². The number of carbonyl (C=O) groups is 2. The number of carboxylic acid groups (broad SMARTS) is 2. The molecule has 1 aromatic carbocycles. The van der Waals surface area contributed by atoms with Crippen molar-refractivity contribution in [1.82, 2.24) is 0 Å². The van der Waals surface area contributed by atoms with E-state index in [4.69, 9.17) is 15.3 Å². The number of aliphatic hydroxyl groups is 1. The van der Waals surface area contributed by atoms with Crippen molar-refractivity contribution in [3.8, 4) is 0 Å². The molecule has 5 heteroatoms. The minimum atomic E-state index is -1.23. The van der Waals surface area contributed by atoms with E-state index in [1.807, 2.05) is 0 Å². The molecule has 0 amide bonds. The quantitative estimate of drug-likeness (QED) is 0.717. The number of hydrogen-bond acceptors (Lipinski definition) is 3. The Labute approximate surface area is 125 Å². The molecule has 0 heterocycles. The summed E-state index contributed by atoms with van der Waals surface area (Å²) < 4.78 is 0. The van der Waals surface area contributed by atoms with Gasteiger partial charge < -0.3 is 15.3 Å². The van der Waals surface area contributed by atoms with Crippen LogP contribution in [0.3, 0.4) is 0 Å². The summed E-state index contributed by atoms with van der Waals surface area (Å²) >= 11 is 0. The van der Waals surface area contributed by atoms with Gasteiger partial charge in [-0.3, -0.25) is 0 Å². The standard InChI is InChI=1S/C8H6O4.C8H18O/c9-7(10)5-3-1-2-4-6(5)8(11)12;1-3-5-6-8(4-2)7-9/h1-4H,(H,9,10)(H,11,12);8-9H,3-7H2,1-2H3. The van der Waals surface area contributed by atoms with Gasteiger partial charge in [-0.25, -0.2) is 9.59 Å². The van der Waals surface area contributed by atoms with E-state index >= 15 is 0 Å². The van der Waals surface area contributed by atoms with Crippen molar-refractivity contribution in [2.45, 2.75) is 39.5 Å². The maximum absolute atomic E-state index is 10.5. The van der Waals surface area contributed by atoms with Crippen molar-refractivity contribution in [3.63, 3.8) is 0 Å². The summed E-state index contributed by atoms with van der Waals surface area (Å²) in [5.41, 5.74) is -0.380. The van der Waals surface area contributed by atoms with Gasteiger partial charge in [-0.1, -0.05) is 45.2 Å². The fraction of sp³-hybridized carbons (Fsp3) is 0.500. The van der Waals surface area contributed by atoms with E-state index in [9.17, 15) is 9.59 Å². The van der Waals surface area contributed by atoms with Crippen LogP contribution in [0.15, 0.2) is 24.3 Å². The highest BCUT2D eigenvalue weighted by Gasteiger charge is 2.13. The molecule has 1 unspecified atom stereocenters. The summed E-state index contributed by atoms with van der Waals surface area (Å²) in [7, 11) is 0. The van der Waals surface area contributed by atoms with Gasteiger partial charge in [0, 0.05) is 6.61 Å². The first-order chi connectivity index (χ1) is 9.97. The third kappa shape index (κ3) is 7.46. The van der Waals surface area contributed by atoms with E-state index in [2.05, 4.69) is 13.8 Å². The maximum atomic E-state index is 10.5. The average molecular weight is 296 g/mol. The van der Waals surface area contributed by atoms with Crippen LogP contribution in [0.2, 0.25) is 0 Å². The predicted molar refractivity (Wildman–Crippen MR) is 80.8 cm³/mol. The summed E-state index contributed by atoms with van der Waals surface area (Å²) in [5.74, 6) is -1.90. The number of carboxylic acids is 2. The lowest BCUT2D eigenvalue weighted by Gasteiger charge is -2.08. The van der Waals surface area contributed by atoms with Crippen molar-refractivity contribution in [2.75, 3.05) is 6.61 Å². The average Bonchev–Trinajstić information content (AvgIpc) is 2.49. The number of aromatic carboxylic acids is 2. The lowest BCUT2D eigenvalue weighted by Crippen LogP contribution is -2.06. The molecule has 5 nitrogen and oxygen atoms in total. The molecule has 118 valence electrons. The van der Waals surface area contributed by atoms with Gasteiger partial charge in [0.05, 0.1) is 11.1 Å². The van der Waals surface area contributed by atoms with Crippen molar-refractivity contribution in [1.29, 1.82) is 0 Å². The molecular weight excluding hydrogens is 272 g/mol. The normalized spacial score (nSPS) is 11.2. The summed E-state index contributed by atoms with van der Waals surface area (Å²) in [6.07, 6.45) is 4.83. The largest absolute Gasteiger partial charge is 0.478 e. The van der Waals surface area contributed by atoms with Gasteiger partial charge in [0.25, 0.3) is 0 Å². The van der Waals surface area contributed by atoms with Gasteiger partial charge >= 0.3 is 11.9 Å². The van der Waals surface area contributed by atoms with Gasteiger partial charge in [-0.05, 0) is 24.5 Å². The highest BCUT2D eigenvalue weighted by molar-refractivity contribution is 6.01. The smallest absolute Gasteiger partial charge is 0.336 e. The van der Waals surface area contributed by atoms with E-state index in [0.29, 0.717) is 12.5 Å². The minimum Gasteiger partial charge on any atom is -0.478 e. The lowest BCUT2D eigenvalue weighted by molar-refractivity contribution is 0.0651. The SMILES string of the molecule is CCCCC(CC)CO.O=C(O)c1ccccc1C(=O)O. The van der Waals surface area contributed by atoms with Crippen molar-refractivity contribution in [3.05, 3.63) is 35.4 Å². The zero-order chi connectivity index (χ0) is 16.3. The molecule has 1 rings (SSSR count). The number of hydrogen-bond donors (Lipinski definition) is 3. The lowest BCUT2D eigenvalue weighted by atomic mass is 10.0. The molecular formula is C16H24O5. The molecule has 0 bridgehead atoms. The molecule has 0 aliphatic heterocycles. The molecule has 0 aliphatic rings. The summed E-state index contributed by atoms with van der Waals surface area (Å²) in [5, 5.41) is 25.9. The third-order valence-electron chi connectivity index (χ3n) is 3.19. The molecule has 21 heavy (non-hydrogen) atoms. The Kier molecular flexibility index (Phi) is 9.88. The number of unbranched alkanes of at least 4 members (excludes halogenated alkanes) is 1. The molecule has 3 N–H and O–H groups in total. The van der Waals surface area contributed by atoms with E-state index < -0.39 is 11.9 Å². The summed E-state index contributed by atoms with van der Waals surface area (Å²) in [4.78, 5) is 20.9. The van der Waals surface area contributed by atoms with Crippen molar-refractivity contribution < 1.29 is 24.9 Å². The zero-order valence-corrected chi connectivity index (χ0v) is 12.6. The Morgan fingerprint density at radius 1 is 1.05 bits per heavy atom. The van der Waals surface area contributed by atoms with Crippen LogP contribution >= 0.6 is 0 Å². The van der Waals surface area contributed by atoms with Crippen LogP contribution < -0.4 is 0 Å². The second-order valence-corrected chi connectivity index (χ2v) is 4.75. The summed E-state index contributed by atoms with van der Waals surface area (Å²) in [6.45, 7) is 4.69. The fourth-order valence-electron chi connectivity index (χ4n) is 1.77. The minimum absolute atomic E-state index is 0.190. The first kappa shape index (κ1) is 19.1. The Bertz CT molecular complexity index is 405. The molecule has 0 saturated heterocycles. The first-order valence-corrected chi connectivity index (χ1v) is 7.14. The van der Waals surface area contributed by atoms with Crippen LogP contribution in [0.5, 0.6) is 0 Å². The molecule has 0 fully saturated rings. The highest BCUT2D eigenvalue weighted by atomic mass is 16.4. The number of benzene rings is 1. The van der Waals surface area contributed by atoms with Crippen LogP contribution in [0.1, 0.15) is 60.2 Å². The van der Waals surface area contributed by atoms with Gasteiger partial charge in [-0.2, -0.15) is 0 Å². The number of rotatable bonds is 7. The Morgan fingerprint density at radius 2 is 1.52 bits per heavy atom. The molecule has 0 radical (unpaired) electrons. The topological polar surface area (TPSA) is 94.8 Å². The van der Waals surface area contributed by atoms with Gasteiger partial charge in [0.1, 0.15) is 0 Å². The zero-order valence-electron chi connectivity index (χ0n) is 12.6. The van der Waals surface area contributed by atoms with E-state index in [1.165, 1.54) is 43.5 Å². The Balaban J connectivity index is 0.000000400. The molecule has 0 aliphatic carbocycles. The Hall–Kier alpha value is -1.88. The first-order valence-electron chi connectivity index (χ1n) is 7.14. The molecule has 0 spiro atoms. The highest BCUT2D eigenvalue weighted by Crippen LogP contribution is 2.10. The van der Waals surface area contributed by atoms with Crippen LogP contribution in [-0.2, 0) is 0 Å². The fourth-order valence-corrected chi connectivity index (χ4v) is 1.77. The van der Waals surface area contributed by atoms with Crippen LogP contribution in [0.4, 0.5) is 0 Å². The van der Waals surface area contributed by atoms with Crippen LogP contribution in [0.25, 0.3) is 0 Å². The van der Waals surface area contributed by atoms with Gasteiger partial charge in [0.15, 0.2) is 0 Å². The second-order valence-electron chi connectivity index (χ2n) is 4.75. The second kappa shape index (κ2) is 10.9. The van der Waals surface area contributed by atoms with Crippen LogP contribution in [0, 0.1) is 5.92 Å². The third-order valence-corrected chi connectivity index (χ3v) is 3.19. The molecule has 0 saturated carbocycles. The molecule has 1 atom stereocenters. The summed E-state index contributed by atoms with van der Waals surface area (Å²) in [6, 6.07) is 5.48. The van der Waals surface area contributed by atoms with E-state index in [-0.39, 0.29) is 11.1 Å². The van der Waals surface area contributed by atoms with Gasteiger partial charge in [0.2, 0.25) is 0 Å². The predicted octanol–water partition coefficient (Wildman–Crippen LogP) is 3.28. The van der Waals surface area contributed by atoms with Crippen LogP contribution in [-0.4, -0.2) is 33.9 Å². The van der Waals surface area contributed by atoms with Gasteiger partial charge in [-0.15, -0.1) is 0 Å².